The molecule has 1 aromatic rings. The van der Waals surface area contributed by atoms with Gasteiger partial charge in [0.05, 0.1) is 27.0 Å². The lowest BCUT2D eigenvalue weighted by molar-refractivity contribution is -0.121. The lowest BCUT2D eigenvalue weighted by Crippen LogP contribution is -2.30. The van der Waals surface area contributed by atoms with Gasteiger partial charge in [-0.2, -0.15) is 5.10 Å². The van der Waals surface area contributed by atoms with Crippen LogP contribution in [0.3, 0.4) is 0 Å². The summed E-state index contributed by atoms with van der Waals surface area (Å²) in [6, 6.07) is 3.63. The number of carbonyl (C=O) groups excluding carboxylic acids is 1. The molecule has 26 heavy (non-hydrogen) atoms. The molecule has 0 aromatic heterocycles. The number of amides is 1. The van der Waals surface area contributed by atoms with Crippen LogP contribution in [0.2, 0.25) is 0 Å². The Balaban J connectivity index is 3.09. The molecule has 0 saturated heterocycles. The van der Waals surface area contributed by atoms with E-state index in [2.05, 4.69) is 10.5 Å². The summed E-state index contributed by atoms with van der Waals surface area (Å²) in [5, 5.41) is 3.97. The summed E-state index contributed by atoms with van der Waals surface area (Å²) >= 11 is 11.8. The Labute approximate surface area is 164 Å². The van der Waals surface area contributed by atoms with Crippen LogP contribution in [-0.4, -0.2) is 76.7 Å². The monoisotopic (exact) mass is 404 g/mol. The summed E-state index contributed by atoms with van der Waals surface area (Å²) < 4.78 is 11.0. The Morgan fingerprint density at radius 3 is 2.12 bits per heavy atom. The molecule has 0 unspecified atom stereocenters. The van der Waals surface area contributed by atoms with Gasteiger partial charge in [0.2, 0.25) is 0 Å². The first kappa shape index (κ1) is 22.3. The number of rotatable bonds is 11. The number of carbonyl (C=O) groups is 1. The van der Waals surface area contributed by atoms with Gasteiger partial charge in [-0.05, 0) is 26.2 Å². The lowest BCUT2D eigenvalue weighted by Gasteiger charge is -2.27. The molecule has 9 heteroatoms. The number of hydrazone groups is 1. The minimum atomic E-state index is -0.197. The third-order valence-electron chi connectivity index (χ3n) is 3.39. The van der Waals surface area contributed by atoms with Gasteiger partial charge in [0, 0.05) is 30.4 Å². The van der Waals surface area contributed by atoms with Gasteiger partial charge in [0.1, 0.15) is 17.2 Å². The van der Waals surface area contributed by atoms with E-state index in [1.165, 1.54) is 6.21 Å². The van der Waals surface area contributed by atoms with Crippen molar-refractivity contribution in [3.8, 4) is 11.5 Å². The Kier molecular flexibility index (Phi) is 10.2. The zero-order valence-corrected chi connectivity index (χ0v) is 17.1. The highest BCUT2D eigenvalue weighted by molar-refractivity contribution is 6.18. The zero-order chi connectivity index (χ0) is 19.5. The van der Waals surface area contributed by atoms with E-state index < -0.39 is 0 Å². The SMILES string of the molecule is COc1cc(/C=N\NC(=O)CN(C)C)cc(OC)c1N(CCCl)CCCl. The molecule has 0 radical (unpaired) electrons. The van der Waals surface area contributed by atoms with Gasteiger partial charge in [0.25, 0.3) is 5.91 Å². The van der Waals surface area contributed by atoms with Gasteiger partial charge in [0.15, 0.2) is 0 Å². The summed E-state index contributed by atoms with van der Waals surface area (Å²) in [4.78, 5) is 15.4. The topological polar surface area (TPSA) is 66.4 Å². The van der Waals surface area contributed by atoms with Crippen LogP contribution in [0.25, 0.3) is 0 Å². The third-order valence-corrected chi connectivity index (χ3v) is 3.73. The van der Waals surface area contributed by atoms with Crippen LogP contribution in [0.5, 0.6) is 11.5 Å². The molecule has 1 aromatic carbocycles. The molecule has 0 aliphatic heterocycles. The van der Waals surface area contributed by atoms with E-state index in [4.69, 9.17) is 32.7 Å². The molecule has 0 aliphatic carbocycles. The fourth-order valence-electron chi connectivity index (χ4n) is 2.34. The highest BCUT2D eigenvalue weighted by Crippen LogP contribution is 2.39. The van der Waals surface area contributed by atoms with E-state index >= 15 is 0 Å². The maximum Gasteiger partial charge on any atom is 0.254 e. The number of benzene rings is 1. The summed E-state index contributed by atoms with van der Waals surface area (Å²) in [6.45, 7) is 1.47. The Bertz CT molecular complexity index is 581. The minimum Gasteiger partial charge on any atom is -0.494 e. The van der Waals surface area contributed by atoms with E-state index in [0.29, 0.717) is 36.3 Å². The summed E-state index contributed by atoms with van der Waals surface area (Å²) in [6.07, 6.45) is 1.54. The maximum absolute atomic E-state index is 11.6. The normalized spacial score (nSPS) is 11.0. The fourth-order valence-corrected chi connectivity index (χ4v) is 2.75. The van der Waals surface area contributed by atoms with Crippen molar-refractivity contribution in [1.82, 2.24) is 10.3 Å². The van der Waals surface area contributed by atoms with E-state index in [9.17, 15) is 4.79 Å². The van der Waals surface area contributed by atoms with Crippen LogP contribution >= 0.6 is 23.2 Å². The average Bonchev–Trinajstić information content (AvgIpc) is 2.60. The molecule has 1 N–H and O–H groups in total. The van der Waals surface area contributed by atoms with E-state index in [-0.39, 0.29) is 12.5 Å². The molecule has 0 atom stereocenters. The molecular weight excluding hydrogens is 379 g/mol. The molecule has 1 amide bonds. The van der Waals surface area contributed by atoms with Crippen molar-refractivity contribution in [2.45, 2.75) is 0 Å². The number of methoxy groups -OCH3 is 2. The minimum absolute atomic E-state index is 0.197. The Hall–Kier alpha value is -1.70. The number of hydrogen-bond donors (Lipinski definition) is 1. The smallest absolute Gasteiger partial charge is 0.254 e. The van der Waals surface area contributed by atoms with Crippen molar-refractivity contribution < 1.29 is 14.3 Å². The molecule has 0 bridgehead atoms. The summed E-state index contributed by atoms with van der Waals surface area (Å²) in [7, 11) is 6.78. The zero-order valence-electron chi connectivity index (χ0n) is 15.6. The van der Waals surface area contributed by atoms with Crippen LogP contribution in [0.15, 0.2) is 17.2 Å². The number of halogens is 2. The van der Waals surface area contributed by atoms with Crippen molar-refractivity contribution >= 4 is 41.0 Å². The highest BCUT2D eigenvalue weighted by atomic mass is 35.5. The predicted octanol–water partition coefficient (Wildman–Crippen LogP) is 2.00. The first-order chi connectivity index (χ1) is 12.5. The van der Waals surface area contributed by atoms with E-state index in [0.717, 1.165) is 11.3 Å². The number of nitrogens with one attached hydrogen (secondary N) is 1. The second-order valence-corrected chi connectivity index (χ2v) is 6.43. The molecule has 0 saturated carbocycles. The quantitative estimate of drug-likeness (QED) is 0.347. The van der Waals surface area contributed by atoms with Crippen LogP contribution in [0, 0.1) is 0 Å². The van der Waals surface area contributed by atoms with Gasteiger partial charge in [-0.3, -0.25) is 4.79 Å². The van der Waals surface area contributed by atoms with Gasteiger partial charge >= 0.3 is 0 Å². The number of likely N-dealkylation sites (N-methyl/N-ethyl adjacent to an activating group) is 1. The average molecular weight is 405 g/mol. The second-order valence-electron chi connectivity index (χ2n) is 5.67. The number of ether oxygens (including phenoxy) is 2. The van der Waals surface area contributed by atoms with Crippen molar-refractivity contribution in [3.63, 3.8) is 0 Å². The molecule has 0 heterocycles. The van der Waals surface area contributed by atoms with Crippen LogP contribution in [0.1, 0.15) is 5.56 Å². The molecule has 0 spiro atoms. The van der Waals surface area contributed by atoms with Crippen molar-refractivity contribution in [3.05, 3.63) is 17.7 Å². The van der Waals surface area contributed by atoms with Crippen LogP contribution in [-0.2, 0) is 4.79 Å². The summed E-state index contributed by atoms with van der Waals surface area (Å²) in [5.74, 6) is 1.92. The van der Waals surface area contributed by atoms with Gasteiger partial charge < -0.3 is 19.3 Å². The largest absolute Gasteiger partial charge is 0.494 e. The summed E-state index contributed by atoms with van der Waals surface area (Å²) in [5.41, 5.74) is 3.99. The van der Waals surface area contributed by atoms with Crippen LogP contribution < -0.4 is 19.8 Å². The Morgan fingerprint density at radius 1 is 1.15 bits per heavy atom. The predicted molar refractivity (Wildman–Crippen MR) is 107 cm³/mol. The van der Waals surface area contributed by atoms with Gasteiger partial charge in [-0.25, -0.2) is 5.43 Å². The van der Waals surface area contributed by atoms with Crippen molar-refractivity contribution in [1.29, 1.82) is 0 Å². The van der Waals surface area contributed by atoms with Crippen LogP contribution in [0.4, 0.5) is 5.69 Å². The second kappa shape index (κ2) is 11.8. The van der Waals surface area contributed by atoms with Gasteiger partial charge in [-0.1, -0.05) is 0 Å². The van der Waals surface area contributed by atoms with E-state index in [1.54, 1.807) is 19.1 Å². The first-order valence-corrected chi connectivity index (χ1v) is 9.13. The number of nitrogens with zero attached hydrogens (tertiary/aromatic N) is 3. The van der Waals surface area contributed by atoms with Crippen molar-refractivity contribution in [2.24, 2.45) is 5.10 Å². The third kappa shape index (κ3) is 6.90. The molecule has 0 aliphatic rings. The van der Waals surface area contributed by atoms with Crippen molar-refractivity contribution in [2.75, 3.05) is 64.6 Å². The molecular formula is C17H26Cl2N4O3. The number of anilines is 1. The molecule has 1 rings (SSSR count). The fraction of sp³-hybridized carbons (Fsp3) is 0.529. The maximum atomic E-state index is 11.6. The highest BCUT2D eigenvalue weighted by Gasteiger charge is 2.18. The van der Waals surface area contributed by atoms with Gasteiger partial charge in [-0.15, -0.1) is 23.2 Å². The lowest BCUT2D eigenvalue weighted by atomic mass is 10.1. The number of alkyl halides is 2. The Morgan fingerprint density at radius 2 is 1.69 bits per heavy atom. The number of hydrogen-bond acceptors (Lipinski definition) is 6. The van der Waals surface area contributed by atoms with E-state index in [1.807, 2.05) is 31.1 Å². The molecule has 146 valence electrons. The molecule has 0 fully saturated rings. The standard InChI is InChI=1S/C17H26Cl2N4O3/c1-22(2)12-16(24)21-20-11-13-9-14(25-3)17(15(10-13)26-4)23(7-5-18)8-6-19/h9-11H,5-8,12H2,1-4H3,(H,21,24)/b20-11-. The first-order valence-electron chi connectivity index (χ1n) is 8.06. The molecule has 7 nitrogen and oxygen atoms in total.